The Morgan fingerprint density at radius 2 is 2.00 bits per heavy atom. The number of carboxylic acids is 1. The summed E-state index contributed by atoms with van der Waals surface area (Å²) in [6.07, 6.45) is 1.93. The van der Waals surface area contributed by atoms with E-state index in [4.69, 9.17) is 4.74 Å². The molecule has 2 aliphatic carbocycles. The van der Waals surface area contributed by atoms with Crippen molar-refractivity contribution in [2.45, 2.75) is 69.2 Å². The number of aromatic nitrogens is 1. The first-order valence-corrected chi connectivity index (χ1v) is 11.9. The number of aryl methyl sites for hydroxylation is 1. The zero-order chi connectivity index (χ0) is 24.3. The van der Waals surface area contributed by atoms with Gasteiger partial charge >= 0.3 is 12.1 Å². The van der Waals surface area contributed by atoms with Crippen LogP contribution in [-0.4, -0.2) is 34.8 Å². The number of hydrogen-bond donors (Lipinski definition) is 1. The number of carbonyl (C=O) groups is 1. The lowest BCUT2D eigenvalue weighted by molar-refractivity contribution is -0.142. The van der Waals surface area contributed by atoms with Gasteiger partial charge in [0.25, 0.3) is 0 Å². The third-order valence-electron chi connectivity index (χ3n) is 7.90. The van der Waals surface area contributed by atoms with Crippen molar-refractivity contribution in [1.29, 1.82) is 0 Å². The zero-order valence-electron chi connectivity index (χ0n) is 19.3. The summed E-state index contributed by atoms with van der Waals surface area (Å²) in [5.74, 6) is -0.153. The van der Waals surface area contributed by atoms with Gasteiger partial charge in [0, 0.05) is 32.1 Å². The van der Waals surface area contributed by atoms with Crippen LogP contribution in [0.1, 0.15) is 61.6 Å². The Balaban J connectivity index is 1.32. The number of ether oxygens (including phenoxy) is 1. The van der Waals surface area contributed by atoms with Gasteiger partial charge in [-0.1, -0.05) is 19.1 Å². The molecule has 1 aliphatic heterocycles. The van der Waals surface area contributed by atoms with E-state index in [0.717, 1.165) is 48.6 Å². The maximum absolute atomic E-state index is 13.5. The first-order chi connectivity index (χ1) is 16.1. The maximum Gasteiger partial charge on any atom is 0.419 e. The Hall–Kier alpha value is -2.77. The number of aliphatic carboxylic acids is 1. The summed E-state index contributed by atoms with van der Waals surface area (Å²) in [6.45, 7) is 1.77. The predicted octanol–water partition coefficient (Wildman–Crippen LogP) is 5.68. The Bertz CT molecular complexity index is 1090. The van der Waals surface area contributed by atoms with Crippen molar-refractivity contribution in [3.05, 3.63) is 53.2 Å². The van der Waals surface area contributed by atoms with E-state index >= 15 is 0 Å². The molecule has 0 radical (unpaired) electrons. The van der Waals surface area contributed by atoms with Crippen LogP contribution in [0.5, 0.6) is 5.75 Å². The molecular formula is C26H29F3N2O3. The summed E-state index contributed by atoms with van der Waals surface area (Å²) in [7, 11) is 1.66. The van der Waals surface area contributed by atoms with Gasteiger partial charge in [0.1, 0.15) is 17.2 Å². The Morgan fingerprint density at radius 3 is 2.65 bits per heavy atom. The fraction of sp³-hybridized carbons (Fsp3) is 0.538. The van der Waals surface area contributed by atoms with Crippen LogP contribution in [0.15, 0.2) is 36.5 Å². The van der Waals surface area contributed by atoms with Crippen LogP contribution in [-0.2, 0) is 17.4 Å². The minimum atomic E-state index is -4.46. The molecule has 34 heavy (non-hydrogen) atoms. The number of anilines is 1. The first-order valence-electron chi connectivity index (χ1n) is 11.9. The van der Waals surface area contributed by atoms with Crippen LogP contribution in [0.4, 0.5) is 19.0 Å². The minimum absolute atomic E-state index is 0.0329. The second-order valence-electron chi connectivity index (χ2n) is 10.2. The molecule has 2 heterocycles. The van der Waals surface area contributed by atoms with Gasteiger partial charge in [0.2, 0.25) is 0 Å². The van der Waals surface area contributed by atoms with E-state index in [9.17, 15) is 23.1 Å². The lowest BCUT2D eigenvalue weighted by atomic mass is 9.70. The second kappa shape index (κ2) is 8.17. The summed E-state index contributed by atoms with van der Waals surface area (Å²) < 4.78 is 46.8. The average molecular weight is 475 g/mol. The third kappa shape index (κ3) is 4.12. The van der Waals surface area contributed by atoms with Crippen LogP contribution in [0, 0.1) is 11.8 Å². The van der Waals surface area contributed by atoms with Gasteiger partial charge in [0.05, 0.1) is 11.5 Å². The number of benzene rings is 1. The molecule has 5 rings (SSSR count). The fourth-order valence-electron chi connectivity index (χ4n) is 5.74. The molecule has 5 nitrogen and oxygen atoms in total. The quantitative estimate of drug-likeness (QED) is 0.584. The molecule has 2 unspecified atom stereocenters. The highest BCUT2D eigenvalue weighted by Crippen LogP contribution is 2.51. The van der Waals surface area contributed by atoms with E-state index in [0.29, 0.717) is 18.8 Å². The number of halogens is 3. The number of hydrogen-bond acceptors (Lipinski definition) is 4. The van der Waals surface area contributed by atoms with Gasteiger partial charge in [0.15, 0.2) is 0 Å². The lowest BCUT2D eigenvalue weighted by Crippen LogP contribution is -2.59. The standard InChI is InChI=1S/C26H29F3N2O3/c1-15(24(32)33)22(17-6-7-17)18-8-5-16-9-10-25(34-21(16)12-18)13-19(14-25)31(2)23-20(26(27,28)29)4-3-11-30-23/h3-5,8,11-12,15,17,19,22H,6-7,9-10,13-14H2,1-2H3,(H,32,33). The number of nitrogens with zero attached hydrogens (tertiary/aromatic N) is 2. The SMILES string of the molecule is CC(C(=O)O)C(c1ccc2c(c1)OC1(CC2)CC(N(C)c2ncccc2C(F)(F)F)C1)C1CC1. The Labute approximate surface area is 196 Å². The van der Waals surface area contributed by atoms with E-state index in [-0.39, 0.29) is 17.8 Å². The fourth-order valence-corrected chi connectivity index (χ4v) is 5.74. The molecule has 1 N–H and O–H groups in total. The summed E-state index contributed by atoms with van der Waals surface area (Å²) >= 11 is 0. The van der Waals surface area contributed by atoms with Crippen molar-refractivity contribution >= 4 is 11.8 Å². The van der Waals surface area contributed by atoms with Crippen molar-refractivity contribution in [2.75, 3.05) is 11.9 Å². The molecule has 1 aromatic carbocycles. The van der Waals surface area contributed by atoms with Crippen molar-refractivity contribution in [3.63, 3.8) is 0 Å². The van der Waals surface area contributed by atoms with E-state index in [1.54, 1.807) is 18.9 Å². The first kappa shape index (κ1) is 23.0. The maximum atomic E-state index is 13.5. The monoisotopic (exact) mass is 474 g/mol. The molecule has 2 aromatic rings. The number of rotatable bonds is 6. The van der Waals surface area contributed by atoms with Crippen LogP contribution < -0.4 is 9.64 Å². The van der Waals surface area contributed by atoms with Crippen molar-refractivity contribution in [1.82, 2.24) is 4.98 Å². The van der Waals surface area contributed by atoms with Gasteiger partial charge in [-0.3, -0.25) is 4.79 Å². The van der Waals surface area contributed by atoms with Crippen molar-refractivity contribution in [2.24, 2.45) is 11.8 Å². The second-order valence-corrected chi connectivity index (χ2v) is 10.2. The van der Waals surface area contributed by atoms with Gasteiger partial charge in [-0.2, -0.15) is 13.2 Å². The predicted molar refractivity (Wildman–Crippen MR) is 121 cm³/mol. The topological polar surface area (TPSA) is 62.7 Å². The van der Waals surface area contributed by atoms with Gasteiger partial charge < -0.3 is 14.7 Å². The Morgan fingerprint density at radius 1 is 1.26 bits per heavy atom. The molecule has 0 saturated heterocycles. The molecule has 0 amide bonds. The molecule has 2 atom stereocenters. The minimum Gasteiger partial charge on any atom is -0.487 e. The number of carboxylic acid groups (broad SMARTS) is 1. The van der Waals surface area contributed by atoms with Gasteiger partial charge in [-0.05, 0) is 66.8 Å². The summed E-state index contributed by atoms with van der Waals surface area (Å²) in [6, 6.07) is 8.38. The van der Waals surface area contributed by atoms with Crippen LogP contribution in [0.25, 0.3) is 0 Å². The Kier molecular flexibility index (Phi) is 5.52. The smallest absolute Gasteiger partial charge is 0.419 e. The normalized spacial score (nSPS) is 25.6. The lowest BCUT2D eigenvalue weighted by Gasteiger charge is -2.53. The molecular weight excluding hydrogens is 445 g/mol. The van der Waals surface area contributed by atoms with Crippen molar-refractivity contribution in [3.8, 4) is 5.75 Å². The highest BCUT2D eigenvalue weighted by Gasteiger charge is 2.51. The summed E-state index contributed by atoms with van der Waals surface area (Å²) in [5, 5.41) is 9.59. The van der Waals surface area contributed by atoms with Crippen molar-refractivity contribution < 1.29 is 27.8 Å². The van der Waals surface area contributed by atoms with Crippen LogP contribution in [0.3, 0.4) is 0 Å². The number of pyridine rings is 1. The molecule has 1 aromatic heterocycles. The van der Waals surface area contributed by atoms with E-state index in [2.05, 4.69) is 4.98 Å². The molecule has 0 bridgehead atoms. The van der Waals surface area contributed by atoms with E-state index in [1.165, 1.54) is 12.3 Å². The molecule has 2 saturated carbocycles. The zero-order valence-corrected chi connectivity index (χ0v) is 19.3. The van der Waals surface area contributed by atoms with E-state index in [1.807, 2.05) is 18.2 Å². The van der Waals surface area contributed by atoms with Crippen LogP contribution >= 0.6 is 0 Å². The third-order valence-corrected chi connectivity index (χ3v) is 7.90. The highest BCUT2D eigenvalue weighted by molar-refractivity contribution is 5.71. The molecule has 3 aliphatic rings. The summed E-state index contributed by atoms with van der Waals surface area (Å²) in [4.78, 5) is 17.3. The van der Waals surface area contributed by atoms with Crippen LogP contribution in [0.2, 0.25) is 0 Å². The molecule has 1 spiro atoms. The molecule has 2 fully saturated rings. The molecule has 8 heteroatoms. The largest absolute Gasteiger partial charge is 0.487 e. The van der Waals surface area contributed by atoms with Gasteiger partial charge in [-0.15, -0.1) is 0 Å². The number of fused-ring (bicyclic) bond motifs is 1. The summed E-state index contributed by atoms with van der Waals surface area (Å²) in [5.41, 5.74) is 0.986. The molecule has 182 valence electrons. The van der Waals surface area contributed by atoms with Gasteiger partial charge in [-0.25, -0.2) is 4.98 Å². The highest BCUT2D eigenvalue weighted by atomic mass is 19.4. The average Bonchev–Trinajstić information content (AvgIpc) is 3.61. The number of alkyl halides is 3. The van der Waals surface area contributed by atoms with E-state index < -0.39 is 29.2 Å².